The van der Waals surface area contributed by atoms with Gasteiger partial charge in [-0.15, -0.1) is 0 Å². The molecule has 0 amide bonds. The molecule has 0 spiro atoms. The summed E-state index contributed by atoms with van der Waals surface area (Å²) in [5, 5.41) is 3.54. The molecule has 0 aliphatic heterocycles. The van der Waals surface area contributed by atoms with Crippen molar-refractivity contribution >= 4 is 5.97 Å². The maximum absolute atomic E-state index is 11.2. The summed E-state index contributed by atoms with van der Waals surface area (Å²) < 4.78 is 4.87. The minimum atomic E-state index is -0.125. The lowest BCUT2D eigenvalue weighted by molar-refractivity contribution is -0.143. The smallest absolute Gasteiger partial charge is 0.305 e. The highest BCUT2D eigenvalue weighted by Crippen LogP contribution is 2.11. The first-order valence-corrected chi connectivity index (χ1v) is 6.50. The molecule has 0 bridgehead atoms. The van der Waals surface area contributed by atoms with Crippen LogP contribution < -0.4 is 0 Å². The van der Waals surface area contributed by atoms with Gasteiger partial charge in [0.2, 0.25) is 0 Å². The molecule has 5 heteroatoms. The van der Waals surface area contributed by atoms with Gasteiger partial charge >= 0.3 is 5.97 Å². The largest absolute Gasteiger partial charge is 0.466 e. The quantitative estimate of drug-likeness (QED) is 0.235. The molecule has 0 fully saturated rings. The number of esters is 1. The van der Waals surface area contributed by atoms with Crippen molar-refractivity contribution in [2.75, 3.05) is 6.61 Å². The van der Waals surface area contributed by atoms with E-state index < -0.39 is 0 Å². The second-order valence-electron chi connectivity index (χ2n) is 4.22. The Hall–Kier alpha value is -2.00. The summed E-state index contributed by atoms with van der Waals surface area (Å²) in [6.45, 7) is 2.64. The fourth-order valence-corrected chi connectivity index (χ4v) is 1.83. The van der Waals surface area contributed by atoms with E-state index in [-0.39, 0.29) is 5.97 Å². The number of carbonyl (C=O) groups is 1. The molecule has 0 N–H and O–H groups in total. The predicted molar refractivity (Wildman–Crippen MR) is 73.5 cm³/mol. The predicted octanol–water partition coefficient (Wildman–Crippen LogP) is 3.77. The summed E-state index contributed by atoms with van der Waals surface area (Å²) in [5.74, 6) is -0.125. The first kappa shape index (κ1) is 15.1. The third-order valence-electron chi connectivity index (χ3n) is 2.71. The molecule has 0 saturated heterocycles. The fourth-order valence-electron chi connectivity index (χ4n) is 1.83. The Kier molecular flexibility index (Phi) is 7.13. The summed E-state index contributed by atoms with van der Waals surface area (Å²) in [5.41, 5.74) is 10.5. The molecule has 0 aromatic heterocycles. The summed E-state index contributed by atoms with van der Waals surface area (Å²) in [4.78, 5) is 13.9. The van der Waals surface area contributed by atoms with Crippen molar-refractivity contribution in [3.63, 3.8) is 0 Å². The van der Waals surface area contributed by atoms with E-state index in [1.54, 1.807) is 0 Å². The maximum Gasteiger partial charge on any atom is 0.305 e. The molecular weight excluding hydrogens is 242 g/mol. The van der Waals surface area contributed by atoms with Crippen LogP contribution in [0.4, 0.5) is 0 Å². The number of ether oxygens (including phenoxy) is 1. The topological polar surface area (TPSA) is 75.1 Å². The molecule has 0 unspecified atom stereocenters. The monoisotopic (exact) mass is 261 g/mol. The molecule has 0 aliphatic rings. The number of aryl methyl sites for hydroxylation is 1. The summed E-state index contributed by atoms with van der Waals surface area (Å²) in [6, 6.07) is 7.99. The van der Waals surface area contributed by atoms with Crippen LogP contribution in [0, 0.1) is 0 Å². The van der Waals surface area contributed by atoms with Crippen LogP contribution in [0.15, 0.2) is 29.4 Å². The highest BCUT2D eigenvalue weighted by atomic mass is 16.5. The Morgan fingerprint density at radius 3 is 2.89 bits per heavy atom. The highest BCUT2D eigenvalue weighted by Gasteiger charge is 2.01. The molecule has 102 valence electrons. The van der Waals surface area contributed by atoms with Crippen molar-refractivity contribution in [3.05, 3.63) is 45.8 Å². The minimum Gasteiger partial charge on any atom is -0.466 e. The van der Waals surface area contributed by atoms with E-state index in [0.29, 0.717) is 19.6 Å². The number of carbonyl (C=O) groups excluding carboxylic acids is 1. The molecule has 1 aromatic carbocycles. The van der Waals surface area contributed by atoms with Crippen molar-refractivity contribution in [2.24, 2.45) is 5.11 Å². The van der Waals surface area contributed by atoms with Crippen LogP contribution in [-0.2, 0) is 22.5 Å². The second-order valence-corrected chi connectivity index (χ2v) is 4.22. The van der Waals surface area contributed by atoms with Crippen LogP contribution >= 0.6 is 0 Å². The zero-order valence-corrected chi connectivity index (χ0v) is 11.2. The SMILES string of the molecule is CCOC(=O)CCCCc1cccc(CN=[N+]=[N-])c1. The van der Waals surface area contributed by atoms with Gasteiger partial charge in [0.05, 0.1) is 13.2 Å². The Morgan fingerprint density at radius 1 is 1.37 bits per heavy atom. The van der Waals surface area contributed by atoms with Crippen molar-refractivity contribution < 1.29 is 9.53 Å². The van der Waals surface area contributed by atoms with Crippen molar-refractivity contribution in [1.82, 2.24) is 0 Å². The second kappa shape index (κ2) is 9.00. The lowest BCUT2D eigenvalue weighted by atomic mass is 10.0. The molecule has 0 aliphatic carbocycles. The third kappa shape index (κ3) is 6.48. The van der Waals surface area contributed by atoms with Crippen LogP contribution in [0.5, 0.6) is 0 Å². The summed E-state index contributed by atoms with van der Waals surface area (Å²) in [7, 11) is 0. The lowest BCUT2D eigenvalue weighted by Crippen LogP contribution is -2.03. The van der Waals surface area contributed by atoms with Gasteiger partial charge in [0.15, 0.2) is 0 Å². The summed E-state index contributed by atoms with van der Waals surface area (Å²) >= 11 is 0. The zero-order valence-electron chi connectivity index (χ0n) is 11.2. The van der Waals surface area contributed by atoms with Gasteiger partial charge in [0.25, 0.3) is 0 Å². The van der Waals surface area contributed by atoms with E-state index in [2.05, 4.69) is 10.0 Å². The van der Waals surface area contributed by atoms with E-state index in [1.807, 2.05) is 31.2 Å². The fraction of sp³-hybridized carbons (Fsp3) is 0.500. The van der Waals surface area contributed by atoms with Gasteiger partial charge in [-0.25, -0.2) is 0 Å². The average Bonchev–Trinajstić information content (AvgIpc) is 2.42. The molecule has 0 saturated carbocycles. The maximum atomic E-state index is 11.2. The van der Waals surface area contributed by atoms with E-state index in [4.69, 9.17) is 10.3 Å². The van der Waals surface area contributed by atoms with Gasteiger partial charge in [-0.3, -0.25) is 4.79 Å². The number of azide groups is 1. The molecular formula is C14H19N3O2. The first-order chi connectivity index (χ1) is 9.26. The molecule has 0 atom stereocenters. The van der Waals surface area contributed by atoms with Gasteiger partial charge in [0.1, 0.15) is 0 Å². The van der Waals surface area contributed by atoms with Crippen molar-refractivity contribution in [2.45, 2.75) is 39.2 Å². The van der Waals surface area contributed by atoms with Crippen molar-refractivity contribution in [3.8, 4) is 0 Å². The minimum absolute atomic E-state index is 0.125. The number of nitrogens with zero attached hydrogens (tertiary/aromatic N) is 3. The average molecular weight is 261 g/mol. The first-order valence-electron chi connectivity index (χ1n) is 6.50. The van der Waals surface area contributed by atoms with Crippen LogP contribution in [0.1, 0.15) is 37.3 Å². The standard InChI is InChI=1S/C14H19N3O2/c1-2-19-14(18)9-4-3-6-12-7-5-8-13(10-12)11-16-17-15/h5,7-8,10H,2-4,6,9,11H2,1H3. The molecule has 5 nitrogen and oxygen atoms in total. The zero-order chi connectivity index (χ0) is 13.9. The molecule has 0 radical (unpaired) electrons. The van der Waals surface area contributed by atoms with E-state index >= 15 is 0 Å². The van der Waals surface area contributed by atoms with E-state index in [1.165, 1.54) is 5.56 Å². The third-order valence-corrected chi connectivity index (χ3v) is 2.71. The Morgan fingerprint density at radius 2 is 2.16 bits per heavy atom. The Bertz CT molecular complexity index is 454. The number of hydrogen-bond acceptors (Lipinski definition) is 3. The normalized spacial score (nSPS) is 9.74. The number of benzene rings is 1. The Balaban J connectivity index is 2.32. The van der Waals surface area contributed by atoms with Crippen LogP contribution in [0.3, 0.4) is 0 Å². The molecule has 1 rings (SSSR count). The van der Waals surface area contributed by atoms with Gasteiger partial charge in [-0.1, -0.05) is 29.4 Å². The van der Waals surface area contributed by atoms with Crippen LogP contribution in [0.25, 0.3) is 10.4 Å². The van der Waals surface area contributed by atoms with Gasteiger partial charge in [-0.2, -0.15) is 0 Å². The van der Waals surface area contributed by atoms with Crippen molar-refractivity contribution in [1.29, 1.82) is 0 Å². The summed E-state index contributed by atoms with van der Waals surface area (Å²) in [6.07, 6.45) is 3.18. The molecule has 1 aromatic rings. The van der Waals surface area contributed by atoms with Gasteiger partial charge in [0, 0.05) is 11.3 Å². The number of hydrogen-bond donors (Lipinski definition) is 0. The molecule has 0 heterocycles. The van der Waals surface area contributed by atoms with Gasteiger partial charge < -0.3 is 4.74 Å². The molecule has 19 heavy (non-hydrogen) atoms. The number of rotatable bonds is 8. The Labute approximate surface area is 113 Å². The number of unbranched alkanes of at least 4 members (excludes halogenated alkanes) is 1. The van der Waals surface area contributed by atoms with Crippen LogP contribution in [0.2, 0.25) is 0 Å². The lowest BCUT2D eigenvalue weighted by Gasteiger charge is -2.04. The van der Waals surface area contributed by atoms with E-state index in [9.17, 15) is 4.79 Å². The van der Waals surface area contributed by atoms with Gasteiger partial charge in [-0.05, 0) is 42.8 Å². The van der Waals surface area contributed by atoms with E-state index in [0.717, 1.165) is 24.8 Å². The highest BCUT2D eigenvalue weighted by molar-refractivity contribution is 5.69. The van der Waals surface area contributed by atoms with Crippen LogP contribution in [-0.4, -0.2) is 12.6 Å².